The van der Waals surface area contributed by atoms with Gasteiger partial charge in [0.05, 0.1) is 17.1 Å². The minimum Gasteiger partial charge on any atom is -0.454 e. The molecule has 2 aromatic heterocycles. The summed E-state index contributed by atoms with van der Waals surface area (Å²) in [6.07, 6.45) is 0. The second-order valence-electron chi connectivity index (χ2n) is 19.4. The molecule has 1 aliphatic carbocycles. The standard InChI is InChI=1S/C65H46N2O2/c1-39-27-31-41(32-28-39)66(55-23-13-21-51-46-17-9-11-25-58(46)68-63(51)55)43-35-36-50-53(37-43)44-15-5-7-19-48(44)60-54-38-57(45-16-6-8-20-49(45)61(54)65(3,4)62(50)60)67(42-33-29-40(2)30-34-42)56-24-14-22-52-47-18-10-12-26-59(47)69-64(52)56/h5-38H,1-4H3. The third-order valence-electron chi connectivity index (χ3n) is 14.9. The second kappa shape index (κ2) is 14.7. The molecule has 0 spiro atoms. The molecule has 0 unspecified atom stereocenters. The molecule has 11 aromatic carbocycles. The monoisotopic (exact) mass is 886 g/mol. The highest BCUT2D eigenvalue weighted by Crippen LogP contribution is 2.59. The van der Waals surface area contributed by atoms with E-state index in [0.29, 0.717) is 0 Å². The maximum absolute atomic E-state index is 6.80. The number of rotatable bonds is 6. The van der Waals surface area contributed by atoms with E-state index in [1.807, 2.05) is 12.1 Å². The molecule has 0 N–H and O–H groups in total. The molecule has 2 heterocycles. The molecular formula is C65H46N2O2. The van der Waals surface area contributed by atoms with Crippen molar-refractivity contribution in [1.82, 2.24) is 0 Å². The first-order valence-electron chi connectivity index (χ1n) is 23.9. The molecule has 0 fully saturated rings. The molecule has 4 heteroatoms. The Morgan fingerprint density at radius 3 is 1.41 bits per heavy atom. The zero-order valence-electron chi connectivity index (χ0n) is 38.8. The molecule has 0 radical (unpaired) electrons. The van der Waals surface area contributed by atoms with Gasteiger partial charge in [-0.3, -0.25) is 0 Å². The van der Waals surface area contributed by atoms with Crippen LogP contribution in [0.3, 0.4) is 0 Å². The zero-order valence-corrected chi connectivity index (χ0v) is 38.8. The van der Waals surface area contributed by atoms with Crippen molar-refractivity contribution in [3.63, 3.8) is 0 Å². The lowest BCUT2D eigenvalue weighted by atomic mass is 9.77. The summed E-state index contributed by atoms with van der Waals surface area (Å²) in [7, 11) is 0. The fourth-order valence-corrected chi connectivity index (χ4v) is 11.8. The summed E-state index contributed by atoms with van der Waals surface area (Å²) in [5.41, 5.74) is 17.2. The number of fused-ring (bicyclic) bond motifs is 16. The van der Waals surface area contributed by atoms with Crippen LogP contribution in [-0.4, -0.2) is 0 Å². The summed E-state index contributed by atoms with van der Waals surface area (Å²) in [5, 5.41) is 11.8. The molecule has 4 nitrogen and oxygen atoms in total. The number of benzene rings is 11. The number of para-hydroxylation sites is 4. The highest BCUT2D eigenvalue weighted by atomic mass is 16.3. The summed E-state index contributed by atoms with van der Waals surface area (Å²) in [6.45, 7) is 9.15. The first kappa shape index (κ1) is 39.6. The van der Waals surface area contributed by atoms with E-state index in [4.69, 9.17) is 8.83 Å². The summed E-state index contributed by atoms with van der Waals surface area (Å²) < 4.78 is 13.5. The van der Waals surface area contributed by atoms with Crippen molar-refractivity contribution in [2.75, 3.05) is 9.80 Å². The van der Waals surface area contributed by atoms with Gasteiger partial charge in [-0.2, -0.15) is 0 Å². The Balaban J connectivity index is 1.04. The van der Waals surface area contributed by atoms with Crippen LogP contribution in [0.4, 0.5) is 34.1 Å². The molecule has 0 amide bonds. The molecule has 0 atom stereocenters. The minimum absolute atomic E-state index is 0.351. The fraction of sp³-hybridized carbons (Fsp3) is 0.0769. The predicted octanol–water partition coefficient (Wildman–Crippen LogP) is 18.8. The van der Waals surface area contributed by atoms with Gasteiger partial charge in [0.1, 0.15) is 11.2 Å². The topological polar surface area (TPSA) is 32.8 Å². The first-order chi connectivity index (χ1) is 33.8. The Bertz CT molecular complexity index is 4250. The molecule has 1 aliphatic rings. The molecular weight excluding hydrogens is 841 g/mol. The third kappa shape index (κ3) is 5.76. The van der Waals surface area contributed by atoms with Crippen LogP contribution < -0.4 is 9.80 Å². The van der Waals surface area contributed by atoms with Gasteiger partial charge in [0.25, 0.3) is 0 Å². The van der Waals surface area contributed by atoms with Gasteiger partial charge in [-0.1, -0.05) is 165 Å². The predicted molar refractivity (Wildman–Crippen MR) is 290 cm³/mol. The Hall–Kier alpha value is -8.60. The van der Waals surface area contributed by atoms with E-state index in [-0.39, 0.29) is 5.41 Å². The van der Waals surface area contributed by atoms with E-state index < -0.39 is 0 Å². The van der Waals surface area contributed by atoms with Gasteiger partial charge in [0.15, 0.2) is 11.2 Å². The Kier molecular flexibility index (Phi) is 8.43. The van der Waals surface area contributed by atoms with E-state index in [0.717, 1.165) is 78.0 Å². The van der Waals surface area contributed by atoms with Crippen LogP contribution in [-0.2, 0) is 5.41 Å². The van der Waals surface area contributed by atoms with Crippen molar-refractivity contribution in [3.05, 3.63) is 229 Å². The van der Waals surface area contributed by atoms with E-state index in [1.54, 1.807) is 0 Å². The van der Waals surface area contributed by atoms with Crippen molar-refractivity contribution in [2.24, 2.45) is 0 Å². The third-order valence-corrected chi connectivity index (χ3v) is 14.9. The number of hydrogen-bond donors (Lipinski definition) is 0. The van der Waals surface area contributed by atoms with Gasteiger partial charge >= 0.3 is 0 Å². The molecule has 14 rings (SSSR count). The minimum atomic E-state index is -0.351. The van der Waals surface area contributed by atoms with E-state index in [1.165, 1.54) is 65.7 Å². The summed E-state index contributed by atoms with van der Waals surface area (Å²) >= 11 is 0. The number of furan rings is 2. The Labute approximate surface area is 399 Å². The zero-order chi connectivity index (χ0) is 46.1. The lowest BCUT2D eigenvalue weighted by Crippen LogP contribution is -2.17. The van der Waals surface area contributed by atoms with Crippen molar-refractivity contribution in [3.8, 4) is 11.1 Å². The number of anilines is 6. The average molecular weight is 887 g/mol. The van der Waals surface area contributed by atoms with E-state index >= 15 is 0 Å². The highest BCUT2D eigenvalue weighted by molar-refractivity contribution is 6.22. The lowest BCUT2D eigenvalue weighted by Gasteiger charge is -2.30. The van der Waals surface area contributed by atoms with Crippen molar-refractivity contribution in [1.29, 1.82) is 0 Å². The summed E-state index contributed by atoms with van der Waals surface area (Å²) in [6, 6.07) is 75.1. The lowest BCUT2D eigenvalue weighted by molar-refractivity contribution is 0.668. The van der Waals surface area contributed by atoms with Crippen molar-refractivity contribution >= 4 is 110 Å². The number of hydrogen-bond acceptors (Lipinski definition) is 4. The van der Waals surface area contributed by atoms with E-state index in [9.17, 15) is 0 Å². The molecule has 0 bridgehead atoms. The number of aryl methyl sites for hydroxylation is 2. The normalized spacial score (nSPS) is 13.0. The molecule has 69 heavy (non-hydrogen) atoms. The van der Waals surface area contributed by atoms with Gasteiger partial charge in [-0.25, -0.2) is 0 Å². The van der Waals surface area contributed by atoms with Crippen LogP contribution in [0.25, 0.3) is 87.3 Å². The number of nitrogens with zero attached hydrogens (tertiary/aromatic N) is 2. The van der Waals surface area contributed by atoms with Crippen LogP contribution in [0.15, 0.2) is 215 Å². The van der Waals surface area contributed by atoms with Gasteiger partial charge < -0.3 is 18.6 Å². The summed E-state index contributed by atoms with van der Waals surface area (Å²) in [4.78, 5) is 4.79. The van der Waals surface area contributed by atoms with Crippen LogP contribution >= 0.6 is 0 Å². The summed E-state index contributed by atoms with van der Waals surface area (Å²) in [5.74, 6) is 0. The second-order valence-corrected chi connectivity index (χ2v) is 19.4. The van der Waals surface area contributed by atoms with Crippen LogP contribution in [0.5, 0.6) is 0 Å². The molecule has 328 valence electrons. The molecule has 0 saturated heterocycles. The largest absolute Gasteiger partial charge is 0.454 e. The Morgan fingerprint density at radius 1 is 0.333 bits per heavy atom. The SMILES string of the molecule is Cc1ccc(N(c2ccc3c4c(c5ccccc5c3c2)-c2cc(N(c3ccc(C)cc3)c3cccc5c3oc3ccccc35)c3ccccc3c2C4(C)C)c2cccc3c2oc2ccccc23)cc1. The Morgan fingerprint density at radius 2 is 0.797 bits per heavy atom. The van der Waals surface area contributed by atoms with Gasteiger partial charge in [-0.05, 0) is 130 Å². The van der Waals surface area contributed by atoms with Crippen LogP contribution in [0, 0.1) is 13.8 Å². The van der Waals surface area contributed by atoms with Gasteiger partial charge in [0.2, 0.25) is 0 Å². The fourth-order valence-electron chi connectivity index (χ4n) is 11.8. The van der Waals surface area contributed by atoms with E-state index in [2.05, 4.69) is 232 Å². The first-order valence-corrected chi connectivity index (χ1v) is 23.9. The van der Waals surface area contributed by atoms with Crippen LogP contribution in [0.1, 0.15) is 36.1 Å². The maximum Gasteiger partial charge on any atom is 0.159 e. The van der Waals surface area contributed by atoms with Crippen molar-refractivity contribution < 1.29 is 8.83 Å². The van der Waals surface area contributed by atoms with Crippen molar-refractivity contribution in [2.45, 2.75) is 33.1 Å². The van der Waals surface area contributed by atoms with Gasteiger partial charge in [0, 0.05) is 49.4 Å². The molecule has 13 aromatic rings. The quantitative estimate of drug-likeness (QED) is 0.156. The molecule has 0 saturated carbocycles. The average Bonchev–Trinajstić information content (AvgIpc) is 4.04. The molecule has 0 aliphatic heterocycles. The maximum atomic E-state index is 6.80. The smallest absolute Gasteiger partial charge is 0.159 e. The van der Waals surface area contributed by atoms with Crippen LogP contribution in [0.2, 0.25) is 0 Å². The van der Waals surface area contributed by atoms with Gasteiger partial charge in [-0.15, -0.1) is 0 Å². The highest BCUT2D eigenvalue weighted by Gasteiger charge is 2.41.